The molecule has 26 heavy (non-hydrogen) atoms. The third kappa shape index (κ3) is 3.02. The fraction of sp³-hybridized carbons (Fsp3) is 0.0556. The highest BCUT2D eigenvalue weighted by molar-refractivity contribution is 8.18. The molecule has 0 saturated carbocycles. The van der Waals surface area contributed by atoms with Crippen molar-refractivity contribution in [1.29, 1.82) is 0 Å². The van der Waals surface area contributed by atoms with Gasteiger partial charge in [0.2, 0.25) is 0 Å². The smallest absolute Gasteiger partial charge is 0.316 e. The predicted molar refractivity (Wildman–Crippen MR) is 98.4 cm³/mol. The van der Waals surface area contributed by atoms with Gasteiger partial charge in [0, 0.05) is 29.5 Å². The van der Waals surface area contributed by atoms with Crippen LogP contribution >= 0.6 is 11.8 Å². The van der Waals surface area contributed by atoms with E-state index in [1.165, 1.54) is 7.11 Å². The van der Waals surface area contributed by atoms with Crippen molar-refractivity contribution in [3.05, 3.63) is 53.3 Å². The Labute approximate surface area is 152 Å². The summed E-state index contributed by atoms with van der Waals surface area (Å²) in [6.45, 7) is 0. The number of methoxy groups -OCH3 is 1. The number of thioether (sulfide) groups is 1. The lowest BCUT2D eigenvalue weighted by molar-refractivity contribution is -0.115. The molecule has 1 saturated heterocycles. The summed E-state index contributed by atoms with van der Waals surface area (Å²) in [4.78, 5) is 36.1. The van der Waals surface area contributed by atoms with Crippen molar-refractivity contribution >= 4 is 39.9 Å². The van der Waals surface area contributed by atoms with Crippen LogP contribution < -0.4 is 10.1 Å². The molecule has 0 radical (unpaired) electrons. The molecular weight excluding hydrogens is 352 g/mol. The van der Waals surface area contributed by atoms with Gasteiger partial charge in [-0.15, -0.1) is 0 Å². The number of carbonyl (C=O) groups is 2. The second kappa shape index (κ2) is 6.57. The van der Waals surface area contributed by atoms with Gasteiger partial charge >= 0.3 is 6.01 Å². The highest BCUT2D eigenvalue weighted by Crippen LogP contribution is 2.30. The number of fused-ring (bicyclic) bond motifs is 1. The summed E-state index contributed by atoms with van der Waals surface area (Å²) in [7, 11) is 1.51. The summed E-state index contributed by atoms with van der Waals surface area (Å²) in [6.07, 6.45) is 6.78. The summed E-state index contributed by atoms with van der Waals surface area (Å²) in [5.74, 6) is -0.380. The first kappa shape index (κ1) is 16.2. The molecule has 1 aromatic carbocycles. The number of nitrogens with zero attached hydrogens (tertiary/aromatic N) is 3. The van der Waals surface area contributed by atoms with Crippen molar-refractivity contribution in [2.45, 2.75) is 0 Å². The van der Waals surface area contributed by atoms with Crippen LogP contribution in [0, 0.1) is 0 Å². The summed E-state index contributed by atoms with van der Waals surface area (Å²) >= 11 is 0.891. The van der Waals surface area contributed by atoms with Gasteiger partial charge in [0.15, 0.2) is 0 Å². The van der Waals surface area contributed by atoms with E-state index in [9.17, 15) is 9.59 Å². The Hall–Kier alpha value is -3.26. The molecule has 0 aliphatic carbocycles. The van der Waals surface area contributed by atoms with Gasteiger partial charge in [-0.3, -0.25) is 19.9 Å². The average Bonchev–Trinajstić information content (AvgIpc) is 2.98. The van der Waals surface area contributed by atoms with Crippen LogP contribution in [0.4, 0.5) is 4.79 Å². The summed E-state index contributed by atoms with van der Waals surface area (Å²) in [5, 5.41) is 2.78. The maximum Gasteiger partial charge on any atom is 0.316 e. The van der Waals surface area contributed by atoms with Crippen molar-refractivity contribution in [2.75, 3.05) is 7.11 Å². The molecule has 7 nitrogen and oxygen atoms in total. The molecule has 1 aliphatic heterocycles. The molecule has 2 aromatic heterocycles. The second-order valence-corrected chi connectivity index (χ2v) is 6.46. The lowest BCUT2D eigenvalue weighted by atomic mass is 10.0. The Morgan fingerprint density at radius 2 is 1.92 bits per heavy atom. The molecule has 1 N–H and O–H groups in total. The van der Waals surface area contributed by atoms with E-state index < -0.39 is 0 Å². The van der Waals surface area contributed by atoms with Crippen LogP contribution in [-0.4, -0.2) is 33.2 Å². The lowest BCUT2D eigenvalue weighted by Gasteiger charge is -2.07. The topological polar surface area (TPSA) is 94.1 Å². The van der Waals surface area contributed by atoms with Crippen LogP contribution in [-0.2, 0) is 4.79 Å². The fourth-order valence-electron chi connectivity index (χ4n) is 2.64. The van der Waals surface area contributed by atoms with Gasteiger partial charge in [0.1, 0.15) is 0 Å². The Bertz CT molecular complexity index is 1060. The van der Waals surface area contributed by atoms with E-state index in [1.807, 2.05) is 24.3 Å². The first-order chi connectivity index (χ1) is 12.6. The second-order valence-electron chi connectivity index (χ2n) is 5.45. The number of amides is 2. The highest BCUT2D eigenvalue weighted by atomic mass is 32.2. The first-order valence-electron chi connectivity index (χ1n) is 7.64. The lowest BCUT2D eigenvalue weighted by Crippen LogP contribution is -2.17. The van der Waals surface area contributed by atoms with Gasteiger partial charge in [-0.1, -0.05) is 6.07 Å². The van der Waals surface area contributed by atoms with Crippen LogP contribution in [0.25, 0.3) is 28.1 Å². The van der Waals surface area contributed by atoms with E-state index in [0.29, 0.717) is 10.9 Å². The number of aromatic nitrogens is 3. The number of hydrogen-bond donors (Lipinski definition) is 1. The summed E-state index contributed by atoms with van der Waals surface area (Å²) < 4.78 is 4.99. The number of nitrogens with one attached hydrogen (secondary N) is 1. The molecule has 3 heterocycles. The summed E-state index contributed by atoms with van der Waals surface area (Å²) in [6, 6.07) is 7.82. The van der Waals surface area contributed by atoms with E-state index in [0.717, 1.165) is 39.4 Å². The molecule has 0 spiro atoms. The zero-order valence-electron chi connectivity index (χ0n) is 13.6. The first-order valence-corrected chi connectivity index (χ1v) is 8.46. The molecular formula is C18H12N4O3S. The Balaban J connectivity index is 1.80. The third-order valence-corrected chi connectivity index (χ3v) is 4.64. The monoisotopic (exact) mass is 364 g/mol. The van der Waals surface area contributed by atoms with Crippen molar-refractivity contribution in [1.82, 2.24) is 20.3 Å². The highest BCUT2D eigenvalue weighted by Gasteiger charge is 2.24. The maximum atomic E-state index is 11.7. The molecule has 8 heteroatoms. The van der Waals surface area contributed by atoms with E-state index in [2.05, 4.69) is 20.3 Å². The number of carbonyl (C=O) groups excluding carboxylic acids is 2. The number of hydrogen-bond acceptors (Lipinski definition) is 7. The molecule has 1 fully saturated rings. The Morgan fingerprint density at radius 3 is 2.62 bits per heavy atom. The molecule has 3 aromatic rings. The van der Waals surface area contributed by atoms with Crippen molar-refractivity contribution in [3.8, 4) is 17.1 Å². The van der Waals surface area contributed by atoms with Crippen LogP contribution in [0.3, 0.4) is 0 Å². The van der Waals surface area contributed by atoms with Crippen molar-refractivity contribution in [2.24, 2.45) is 0 Å². The Morgan fingerprint density at radius 1 is 1.12 bits per heavy atom. The maximum absolute atomic E-state index is 11.7. The van der Waals surface area contributed by atoms with E-state index in [4.69, 9.17) is 4.74 Å². The quantitative estimate of drug-likeness (QED) is 0.714. The molecule has 0 bridgehead atoms. The molecule has 0 unspecified atom stereocenters. The number of rotatable bonds is 3. The number of pyridine rings is 1. The zero-order chi connectivity index (χ0) is 18.1. The summed E-state index contributed by atoms with van der Waals surface area (Å²) in [5.41, 5.74) is 3.34. The van der Waals surface area contributed by atoms with Gasteiger partial charge < -0.3 is 4.74 Å². The largest absolute Gasteiger partial charge is 0.467 e. The standard InChI is InChI=1S/C18H12N4O3S/c1-25-17-20-8-11(9-21-17)12-4-5-19-14-3-2-10(6-13(12)14)7-15-16(23)22-18(24)26-15/h2-9H,1H3,(H,22,23,24). The number of benzene rings is 1. The average molecular weight is 364 g/mol. The van der Waals surface area contributed by atoms with Crippen molar-refractivity contribution in [3.63, 3.8) is 0 Å². The van der Waals surface area contributed by atoms with E-state index in [1.54, 1.807) is 24.7 Å². The van der Waals surface area contributed by atoms with Crippen LogP contribution in [0.2, 0.25) is 0 Å². The molecule has 0 atom stereocenters. The third-order valence-electron chi connectivity index (χ3n) is 3.83. The molecule has 1 aliphatic rings. The zero-order valence-corrected chi connectivity index (χ0v) is 14.4. The minimum Gasteiger partial charge on any atom is -0.467 e. The van der Waals surface area contributed by atoms with Crippen LogP contribution in [0.15, 0.2) is 47.8 Å². The fourth-order valence-corrected chi connectivity index (χ4v) is 3.32. The van der Waals surface area contributed by atoms with Gasteiger partial charge in [-0.05, 0) is 47.2 Å². The van der Waals surface area contributed by atoms with Gasteiger partial charge in [0.05, 0.1) is 17.5 Å². The molecule has 128 valence electrons. The van der Waals surface area contributed by atoms with Gasteiger partial charge in [-0.2, -0.15) is 0 Å². The van der Waals surface area contributed by atoms with Crippen molar-refractivity contribution < 1.29 is 14.3 Å². The van der Waals surface area contributed by atoms with Gasteiger partial charge in [0.25, 0.3) is 11.1 Å². The normalized spacial score (nSPS) is 15.5. The van der Waals surface area contributed by atoms with Crippen LogP contribution in [0.5, 0.6) is 6.01 Å². The van der Waals surface area contributed by atoms with E-state index in [-0.39, 0.29) is 11.1 Å². The van der Waals surface area contributed by atoms with Crippen LogP contribution in [0.1, 0.15) is 5.56 Å². The molecule has 2 amide bonds. The van der Waals surface area contributed by atoms with Gasteiger partial charge in [-0.25, -0.2) is 9.97 Å². The predicted octanol–water partition coefficient (Wildman–Crippen LogP) is 3.02. The SMILES string of the molecule is COc1ncc(-c2ccnc3ccc(C=C4SC(=O)NC4=O)cc23)cn1. The molecule has 4 rings (SSSR count). The number of imide groups is 1. The van der Waals surface area contributed by atoms with E-state index >= 15 is 0 Å². The Kier molecular flexibility index (Phi) is 4.10. The number of ether oxygens (including phenoxy) is 1. The minimum absolute atomic E-state index is 0.298. The minimum atomic E-state index is -0.380.